The van der Waals surface area contributed by atoms with Gasteiger partial charge in [-0.3, -0.25) is 0 Å². The Balaban J connectivity index is 0.000000249. The molecule has 0 heterocycles. The van der Waals surface area contributed by atoms with Crippen molar-refractivity contribution in [2.24, 2.45) is 0 Å². The zero-order valence-corrected chi connectivity index (χ0v) is 22.7. The molecule has 3 aliphatic rings. The van der Waals surface area contributed by atoms with E-state index in [0.717, 1.165) is 0 Å². The summed E-state index contributed by atoms with van der Waals surface area (Å²) in [4.78, 5) is 0. The van der Waals surface area contributed by atoms with Crippen molar-refractivity contribution in [1.29, 1.82) is 0 Å². The van der Waals surface area contributed by atoms with Gasteiger partial charge in [0.25, 0.3) is 0 Å². The molecule has 0 aromatic heterocycles. The Morgan fingerprint density at radius 3 is 1.23 bits per heavy atom. The van der Waals surface area contributed by atoms with E-state index in [4.69, 9.17) is 0 Å². The van der Waals surface area contributed by atoms with Crippen molar-refractivity contribution in [1.82, 2.24) is 0 Å². The summed E-state index contributed by atoms with van der Waals surface area (Å²) in [5.74, 6) is 0.653. The van der Waals surface area contributed by atoms with Crippen molar-refractivity contribution in [3.63, 3.8) is 0 Å². The number of hydrogen-bond donors (Lipinski definition) is 0. The third kappa shape index (κ3) is 8.32. The van der Waals surface area contributed by atoms with Gasteiger partial charge < -0.3 is 0 Å². The van der Waals surface area contributed by atoms with Crippen molar-refractivity contribution in [3.8, 4) is 0 Å². The molecule has 1 aromatic rings. The maximum Gasteiger partial charge on any atom is 0 e. The van der Waals surface area contributed by atoms with Gasteiger partial charge in [-0.05, 0) is 73.9 Å². The molecule has 0 bridgehead atoms. The molecule has 172 valence electrons. The molecule has 0 spiro atoms. The van der Waals surface area contributed by atoms with Crippen LogP contribution in [0.3, 0.4) is 0 Å². The summed E-state index contributed by atoms with van der Waals surface area (Å²) < 4.78 is 0. The molecule has 2 heteroatoms. The Morgan fingerprint density at radius 1 is 0.600 bits per heavy atom. The Labute approximate surface area is 202 Å². The van der Waals surface area contributed by atoms with E-state index in [1.807, 2.05) is 0 Å². The van der Waals surface area contributed by atoms with E-state index < -0.39 is 0 Å². The summed E-state index contributed by atoms with van der Waals surface area (Å²) >= 11 is 0. The molecule has 3 aliphatic carbocycles. The van der Waals surface area contributed by atoms with Gasteiger partial charge in [-0.15, -0.1) is 0 Å². The molecule has 0 atom stereocenters. The normalized spacial score (nSPS) is 21.8. The molecule has 0 N–H and O–H groups in total. The summed E-state index contributed by atoms with van der Waals surface area (Å²) in [6.45, 7) is 6.54. The number of rotatable bonds is 4. The van der Waals surface area contributed by atoms with Crippen molar-refractivity contribution in [2.45, 2.75) is 140 Å². The Bertz CT molecular complexity index is 506. The molecular formula is C28H47PRu. The molecule has 0 radical (unpaired) electrons. The Morgan fingerprint density at radius 2 is 0.933 bits per heavy atom. The number of aryl methyl sites for hydroxylation is 1. The van der Waals surface area contributed by atoms with Gasteiger partial charge in [0.1, 0.15) is 0 Å². The second-order valence-electron chi connectivity index (χ2n) is 10.4. The van der Waals surface area contributed by atoms with Crippen LogP contribution in [0, 0.1) is 6.92 Å². The first kappa shape index (κ1) is 26.5. The first-order chi connectivity index (χ1) is 14.1. The van der Waals surface area contributed by atoms with Gasteiger partial charge in [0.15, 0.2) is 0 Å². The van der Waals surface area contributed by atoms with Crippen molar-refractivity contribution < 1.29 is 19.5 Å². The van der Waals surface area contributed by atoms with E-state index in [1.54, 1.807) is 77.0 Å². The van der Waals surface area contributed by atoms with Crippen LogP contribution in [0.5, 0.6) is 0 Å². The topological polar surface area (TPSA) is 0 Å². The molecule has 3 saturated carbocycles. The van der Waals surface area contributed by atoms with Crippen LogP contribution < -0.4 is 0 Å². The summed E-state index contributed by atoms with van der Waals surface area (Å²) in [6, 6.07) is 8.71. The van der Waals surface area contributed by atoms with Gasteiger partial charge in [-0.25, -0.2) is 0 Å². The van der Waals surface area contributed by atoms with Crippen LogP contribution in [0.25, 0.3) is 0 Å². The minimum atomic E-state index is 0. The molecule has 0 aliphatic heterocycles. The third-order valence-corrected chi connectivity index (χ3v) is 11.8. The van der Waals surface area contributed by atoms with E-state index in [0.29, 0.717) is 13.8 Å². The van der Waals surface area contributed by atoms with E-state index in [1.165, 1.54) is 47.4 Å². The van der Waals surface area contributed by atoms with Crippen molar-refractivity contribution in [3.05, 3.63) is 35.4 Å². The second-order valence-corrected chi connectivity index (χ2v) is 13.5. The molecule has 1 aromatic carbocycles. The van der Waals surface area contributed by atoms with Gasteiger partial charge in [0, 0.05) is 19.5 Å². The maximum atomic E-state index is 2.21. The van der Waals surface area contributed by atoms with Crippen LogP contribution in [0.1, 0.15) is 127 Å². The summed E-state index contributed by atoms with van der Waals surface area (Å²) in [7, 11) is 0.385. The molecule has 0 unspecified atom stereocenters. The number of hydrogen-bond acceptors (Lipinski definition) is 0. The Hall–Kier alpha value is 0.273. The maximum absolute atomic E-state index is 2.21. The fraction of sp³-hybridized carbons (Fsp3) is 0.786. The van der Waals surface area contributed by atoms with E-state index >= 15 is 0 Å². The molecular weight excluding hydrogens is 468 g/mol. The van der Waals surface area contributed by atoms with Crippen LogP contribution >= 0.6 is 7.92 Å². The monoisotopic (exact) mass is 516 g/mol. The van der Waals surface area contributed by atoms with Crippen molar-refractivity contribution in [2.75, 3.05) is 0 Å². The van der Waals surface area contributed by atoms with Gasteiger partial charge in [-0.2, -0.15) is 0 Å². The predicted molar refractivity (Wildman–Crippen MR) is 133 cm³/mol. The molecule has 0 saturated heterocycles. The summed E-state index contributed by atoms with van der Waals surface area (Å²) in [5, 5.41) is 0. The van der Waals surface area contributed by atoms with E-state index in [-0.39, 0.29) is 19.5 Å². The first-order valence-electron chi connectivity index (χ1n) is 13.0. The zero-order valence-electron chi connectivity index (χ0n) is 20.0. The van der Waals surface area contributed by atoms with Crippen molar-refractivity contribution >= 4 is 7.92 Å². The Kier molecular flexibility index (Phi) is 12.8. The quantitative estimate of drug-likeness (QED) is 0.277. The van der Waals surface area contributed by atoms with Crippen LogP contribution in [0.4, 0.5) is 0 Å². The smallest absolute Gasteiger partial charge is 0 e. The van der Waals surface area contributed by atoms with Crippen LogP contribution in [0.15, 0.2) is 24.3 Å². The average molecular weight is 516 g/mol. The summed E-state index contributed by atoms with van der Waals surface area (Å²) in [5.41, 5.74) is 6.33. The van der Waals surface area contributed by atoms with Gasteiger partial charge in [-0.1, -0.05) is 109 Å². The zero-order chi connectivity index (χ0) is 20.5. The predicted octanol–water partition coefficient (Wildman–Crippen LogP) is 9.58. The molecule has 0 amide bonds. The number of benzene rings is 1. The minimum absolute atomic E-state index is 0. The largest absolute Gasteiger partial charge is 0.0971 e. The molecule has 4 rings (SSSR count). The third-order valence-electron chi connectivity index (χ3n) is 7.73. The van der Waals surface area contributed by atoms with Gasteiger partial charge in [0.05, 0.1) is 0 Å². The van der Waals surface area contributed by atoms with Gasteiger partial charge >= 0.3 is 0 Å². The van der Waals surface area contributed by atoms with Gasteiger partial charge in [0.2, 0.25) is 0 Å². The molecule has 30 heavy (non-hydrogen) atoms. The fourth-order valence-corrected chi connectivity index (χ4v) is 10.7. The van der Waals surface area contributed by atoms with Crippen LogP contribution in [-0.4, -0.2) is 17.0 Å². The second kappa shape index (κ2) is 14.4. The summed E-state index contributed by atoms with van der Waals surface area (Å²) in [6.07, 6.45) is 23.6. The minimum Gasteiger partial charge on any atom is -0.0971 e. The standard InChI is InChI=1S/C18H33P.C10H14.Ru/c1-4-10-16(11-5-1)19(17-12-6-2-7-13-17)18-14-8-3-9-15-18;1-8(2)10-6-4-9(3)5-7-10;/h16-18H,1-15H2;4-8H,1-3H3;. The molecule has 0 nitrogen and oxygen atoms in total. The van der Waals surface area contributed by atoms with Crippen LogP contribution in [0.2, 0.25) is 0 Å². The average Bonchev–Trinajstić information content (AvgIpc) is 2.77. The first-order valence-corrected chi connectivity index (χ1v) is 14.5. The molecule has 3 fully saturated rings. The van der Waals surface area contributed by atoms with E-state index in [9.17, 15) is 0 Å². The van der Waals surface area contributed by atoms with E-state index in [2.05, 4.69) is 45.0 Å². The SMILES string of the molecule is C1CCC(P(C2CCCCC2)C2CCCCC2)CC1.Cc1ccc(C(C)C)cc1.[Ru]. The fourth-order valence-electron chi connectivity index (χ4n) is 5.98. The van der Waals surface area contributed by atoms with Crippen LogP contribution in [-0.2, 0) is 19.5 Å².